The minimum atomic E-state index is -0.841. The number of allylic oxidation sites excluding steroid dienone is 3. The van der Waals surface area contributed by atoms with Gasteiger partial charge in [0.1, 0.15) is 6.61 Å². The minimum absolute atomic E-state index is 0.105. The number of hydrogen-bond donors (Lipinski definition) is 2. The monoisotopic (exact) mass is 880 g/mol. The predicted octanol–water partition coefficient (Wildman–Crippen LogP) is 12.4. The molecule has 1 aliphatic rings. The lowest BCUT2D eigenvalue weighted by atomic mass is 9.94. The number of rotatable bonds is 18. The van der Waals surface area contributed by atoms with Crippen LogP contribution in [0, 0.1) is 0 Å². The van der Waals surface area contributed by atoms with Crippen molar-refractivity contribution in [3.63, 3.8) is 0 Å². The normalized spacial score (nSPS) is 13.7. The van der Waals surface area contributed by atoms with Gasteiger partial charge in [0.25, 0.3) is 0 Å². The van der Waals surface area contributed by atoms with E-state index in [4.69, 9.17) is 61.0 Å². The molecule has 3 atom stereocenters. The molecule has 314 valence electrons. The Morgan fingerprint density at radius 2 is 1.15 bits per heavy atom. The third kappa shape index (κ3) is 16.9. The molecule has 4 aromatic rings. The van der Waals surface area contributed by atoms with Gasteiger partial charge < -0.3 is 19.9 Å². The van der Waals surface area contributed by atoms with Crippen molar-refractivity contribution >= 4 is 69.2 Å². The molecule has 0 aromatic heterocycles. The largest absolute Gasteiger partial charge is 0.493 e. The lowest BCUT2D eigenvalue weighted by Crippen LogP contribution is -2.33. The number of hydrogen-bond acceptors (Lipinski definition) is 6. The number of methoxy groups -OCH3 is 1. The van der Waals surface area contributed by atoms with Crippen LogP contribution in [0.15, 0.2) is 129 Å². The van der Waals surface area contributed by atoms with Gasteiger partial charge in [-0.05, 0) is 122 Å². The first-order valence-corrected chi connectivity index (χ1v) is 20.8. The molecular weight excluding hydrogens is 830 g/mol. The van der Waals surface area contributed by atoms with Gasteiger partial charge >= 0.3 is 5.97 Å². The van der Waals surface area contributed by atoms with Crippen LogP contribution < -0.4 is 14.8 Å². The molecule has 1 heterocycles. The van der Waals surface area contributed by atoms with Crippen molar-refractivity contribution in [2.24, 2.45) is 0 Å². The highest BCUT2D eigenvalue weighted by Gasteiger charge is 2.21. The standard InChI is InChI=1S/C25H31ClN2O3.C11H10Cl2O.C11H11ClO2/c1-3-7-22(19-8-10-20(26)11-9-19)25(29)27-21-12-13-23(30-2)24(18-21)31-17-16-28-14-5-4-6-15-28;2*1-2-3-10(11(13)14)8-4-6-9(12)7-5-8/h3,8-13,18,22H,1,4-7,14-17H2,2H3,(H,27,29);2,4-7,10H,1,3H2;2,4-7,10H,1,3H2,(H,13,14). The van der Waals surface area contributed by atoms with Crippen LogP contribution in [0.25, 0.3) is 0 Å². The average Bonchev–Trinajstić information content (AvgIpc) is 3.23. The van der Waals surface area contributed by atoms with Gasteiger partial charge in [-0.25, -0.2) is 0 Å². The zero-order valence-electron chi connectivity index (χ0n) is 33.3. The Morgan fingerprint density at radius 3 is 1.61 bits per heavy atom. The van der Waals surface area contributed by atoms with Crippen molar-refractivity contribution in [3.05, 3.63) is 161 Å². The molecule has 0 saturated carbocycles. The molecule has 1 aliphatic heterocycles. The molecule has 8 nitrogen and oxygen atoms in total. The summed E-state index contributed by atoms with van der Waals surface area (Å²) in [6, 6.07) is 26.7. The van der Waals surface area contributed by atoms with E-state index in [0.717, 1.165) is 36.3 Å². The quantitative estimate of drug-likeness (QED) is 0.0757. The summed E-state index contributed by atoms with van der Waals surface area (Å²) in [6.45, 7) is 14.7. The fourth-order valence-corrected chi connectivity index (χ4v) is 6.88. The van der Waals surface area contributed by atoms with Gasteiger partial charge in [-0.2, -0.15) is 0 Å². The Morgan fingerprint density at radius 1 is 0.695 bits per heavy atom. The Balaban J connectivity index is 0.000000275. The predicted molar refractivity (Wildman–Crippen MR) is 243 cm³/mol. The van der Waals surface area contributed by atoms with Gasteiger partial charge in [-0.3, -0.25) is 19.3 Å². The van der Waals surface area contributed by atoms with E-state index in [1.165, 1.54) is 19.3 Å². The van der Waals surface area contributed by atoms with Crippen LogP contribution in [-0.2, 0) is 14.4 Å². The number of carbonyl (C=O) groups excluding carboxylic acids is 2. The number of likely N-dealkylation sites (tertiary alicyclic amines) is 1. The summed E-state index contributed by atoms with van der Waals surface area (Å²) in [5.74, 6) is -0.850. The van der Waals surface area contributed by atoms with Crippen LogP contribution in [0.5, 0.6) is 11.5 Å². The van der Waals surface area contributed by atoms with Crippen molar-refractivity contribution in [2.75, 3.05) is 38.7 Å². The zero-order chi connectivity index (χ0) is 43.2. The maximum absolute atomic E-state index is 13.0. The molecule has 2 N–H and O–H groups in total. The highest BCUT2D eigenvalue weighted by molar-refractivity contribution is 6.64. The Labute approximate surface area is 368 Å². The highest BCUT2D eigenvalue weighted by atomic mass is 35.5. The summed E-state index contributed by atoms with van der Waals surface area (Å²) in [5.41, 5.74) is 3.19. The topological polar surface area (TPSA) is 105 Å². The van der Waals surface area contributed by atoms with Gasteiger partial charge in [-0.1, -0.05) is 95.8 Å². The van der Waals surface area contributed by atoms with Gasteiger partial charge in [0, 0.05) is 33.4 Å². The second kappa shape index (κ2) is 26.5. The molecule has 12 heteroatoms. The molecule has 5 rings (SSSR count). The van der Waals surface area contributed by atoms with E-state index >= 15 is 0 Å². The average molecular weight is 883 g/mol. The van der Waals surface area contributed by atoms with Crippen molar-refractivity contribution in [3.8, 4) is 11.5 Å². The van der Waals surface area contributed by atoms with E-state index in [1.807, 2.05) is 30.3 Å². The highest BCUT2D eigenvalue weighted by Crippen LogP contribution is 2.32. The third-order valence-corrected chi connectivity index (χ3v) is 10.5. The summed E-state index contributed by atoms with van der Waals surface area (Å²) in [7, 11) is 1.62. The van der Waals surface area contributed by atoms with Crippen LogP contribution in [0.2, 0.25) is 15.1 Å². The van der Waals surface area contributed by atoms with Crippen LogP contribution in [0.3, 0.4) is 0 Å². The molecule has 4 aromatic carbocycles. The molecular formula is C47H52Cl4N2O6. The number of nitrogens with zero attached hydrogens (tertiary/aromatic N) is 1. The van der Waals surface area contributed by atoms with Gasteiger partial charge in [0.15, 0.2) is 11.5 Å². The van der Waals surface area contributed by atoms with Crippen molar-refractivity contribution in [1.82, 2.24) is 4.90 Å². The van der Waals surface area contributed by atoms with E-state index in [2.05, 4.69) is 30.0 Å². The van der Waals surface area contributed by atoms with Crippen molar-refractivity contribution in [1.29, 1.82) is 0 Å². The first kappa shape index (κ1) is 48.8. The molecule has 59 heavy (non-hydrogen) atoms. The lowest BCUT2D eigenvalue weighted by Gasteiger charge is -2.26. The van der Waals surface area contributed by atoms with E-state index < -0.39 is 11.9 Å². The maximum Gasteiger partial charge on any atom is 0.311 e. The fraction of sp³-hybridized carbons (Fsp3) is 0.298. The van der Waals surface area contributed by atoms with Crippen LogP contribution in [0.1, 0.15) is 73.0 Å². The number of amides is 1. The number of carboxylic acids is 1. The van der Waals surface area contributed by atoms with Crippen LogP contribution >= 0.6 is 46.4 Å². The molecule has 0 radical (unpaired) electrons. The summed E-state index contributed by atoms with van der Waals surface area (Å²) >= 11 is 22.9. The van der Waals surface area contributed by atoms with Crippen LogP contribution in [0.4, 0.5) is 5.69 Å². The Bertz CT molecular complexity index is 1880. The molecule has 0 spiro atoms. The Kier molecular flexibility index (Phi) is 21.9. The fourth-order valence-electron chi connectivity index (χ4n) is 6.28. The number of aliphatic carboxylic acids is 1. The van der Waals surface area contributed by atoms with E-state index in [9.17, 15) is 14.4 Å². The minimum Gasteiger partial charge on any atom is -0.493 e. The first-order chi connectivity index (χ1) is 28.4. The van der Waals surface area contributed by atoms with Gasteiger partial charge in [0.2, 0.25) is 11.1 Å². The molecule has 1 saturated heterocycles. The van der Waals surface area contributed by atoms with E-state index in [1.54, 1.807) is 86.0 Å². The number of benzene rings is 4. The number of carbonyl (C=O) groups is 3. The van der Waals surface area contributed by atoms with E-state index in [0.29, 0.717) is 58.1 Å². The molecule has 0 bridgehead atoms. The second-order valence-electron chi connectivity index (χ2n) is 13.6. The first-order valence-electron chi connectivity index (χ1n) is 19.3. The van der Waals surface area contributed by atoms with Crippen LogP contribution in [-0.4, -0.2) is 60.5 Å². The molecule has 3 unspecified atom stereocenters. The number of carboxylic acid groups (broad SMARTS) is 1. The third-order valence-electron chi connectivity index (χ3n) is 9.46. The lowest BCUT2D eigenvalue weighted by molar-refractivity contribution is -0.138. The summed E-state index contributed by atoms with van der Waals surface area (Å²) in [6.07, 6.45) is 10.4. The zero-order valence-corrected chi connectivity index (χ0v) is 36.3. The maximum atomic E-state index is 13.0. The smallest absolute Gasteiger partial charge is 0.311 e. The molecule has 1 amide bonds. The van der Waals surface area contributed by atoms with Crippen molar-refractivity contribution < 1.29 is 29.0 Å². The van der Waals surface area contributed by atoms with E-state index in [-0.39, 0.29) is 23.0 Å². The molecule has 0 aliphatic carbocycles. The van der Waals surface area contributed by atoms with Crippen molar-refractivity contribution in [2.45, 2.75) is 56.3 Å². The van der Waals surface area contributed by atoms with Gasteiger partial charge in [-0.15, -0.1) is 19.7 Å². The number of nitrogens with one attached hydrogen (secondary N) is 1. The molecule has 1 fully saturated rings. The number of anilines is 1. The Hall–Kier alpha value is -4.57. The number of piperidine rings is 1. The number of halogens is 4. The summed E-state index contributed by atoms with van der Waals surface area (Å²) in [4.78, 5) is 37.4. The summed E-state index contributed by atoms with van der Waals surface area (Å²) in [5, 5.41) is 13.5. The second-order valence-corrected chi connectivity index (χ2v) is 15.3. The summed E-state index contributed by atoms with van der Waals surface area (Å²) < 4.78 is 11.4. The van der Waals surface area contributed by atoms with Gasteiger partial charge in [0.05, 0.1) is 24.9 Å². The number of ether oxygens (including phenoxy) is 2. The SMILES string of the molecule is C=CCC(C(=O)Cl)c1ccc(Cl)cc1.C=CCC(C(=O)Nc1ccc(OC)c(OCCN2CCCCC2)c1)c1ccc(Cl)cc1.C=CCC(C(=O)O)c1ccc(Cl)cc1.